The number of rotatable bonds is 2. The van der Waals surface area contributed by atoms with Crippen LogP contribution in [0.5, 0.6) is 0 Å². The van der Waals surface area contributed by atoms with Gasteiger partial charge < -0.3 is 9.98 Å². The molecule has 30 heavy (non-hydrogen) atoms. The molecule has 0 aliphatic rings. The van der Waals surface area contributed by atoms with Gasteiger partial charge in [0.1, 0.15) is 0 Å². The van der Waals surface area contributed by atoms with Gasteiger partial charge >= 0.3 is 0 Å². The molecule has 2 aromatic rings. The summed E-state index contributed by atoms with van der Waals surface area (Å²) in [4.78, 5) is 7.80. The van der Waals surface area contributed by atoms with E-state index in [0.717, 1.165) is 11.4 Å². The number of hydrogen-bond acceptors (Lipinski definition) is 2. The number of para-hydroxylation sites is 2. The van der Waals surface area contributed by atoms with Crippen molar-refractivity contribution in [2.45, 2.75) is 69.2 Å². The first-order valence-corrected chi connectivity index (χ1v) is 9.55. The fourth-order valence-electron chi connectivity index (χ4n) is 1.15. The fraction of sp³-hybridized carbons (Fsp3) is 0.462. The minimum absolute atomic E-state index is 0. The molecule has 0 aliphatic heterocycles. The molecule has 0 aromatic heterocycles. The molecular formula is C26H38N2Y2-4. The molecule has 0 saturated heterocycles. The summed E-state index contributed by atoms with van der Waals surface area (Å²) in [5.41, 5.74) is 2.67. The largest absolute Gasteiger partial charge is 0.482 e. The van der Waals surface area contributed by atoms with Gasteiger partial charge in [-0.2, -0.15) is 48.8 Å². The molecule has 0 saturated carbocycles. The predicted molar refractivity (Wildman–Crippen MR) is 126 cm³/mol. The average molecular weight is 556 g/mol. The van der Waals surface area contributed by atoms with Crippen LogP contribution in [0.4, 0.5) is 11.4 Å². The summed E-state index contributed by atoms with van der Waals surface area (Å²) in [6.07, 6.45) is 5.36. The normalized spacial score (nSPS) is 10.2. The van der Waals surface area contributed by atoms with Crippen molar-refractivity contribution in [3.8, 4) is 0 Å². The molecule has 0 bridgehead atoms. The number of benzene rings is 2. The van der Waals surface area contributed by atoms with Crippen LogP contribution in [0.3, 0.4) is 0 Å². The third-order valence-electron chi connectivity index (χ3n) is 1.85. The molecule has 2 radical (unpaired) electrons. The monoisotopic (exact) mass is 556 g/mol. The van der Waals surface area contributed by atoms with E-state index in [1.165, 1.54) is 0 Å². The summed E-state index contributed by atoms with van der Waals surface area (Å²) in [5, 5.41) is 0. The minimum atomic E-state index is 0. The first kappa shape index (κ1) is 37.3. The number of aliphatic imine (C=N–C) groups is 2. The molecule has 0 spiro atoms. The van der Waals surface area contributed by atoms with Gasteiger partial charge in [0, 0.05) is 65.4 Å². The Bertz CT molecular complexity index is 567. The van der Waals surface area contributed by atoms with Gasteiger partial charge in [0.25, 0.3) is 0 Å². The van der Waals surface area contributed by atoms with Gasteiger partial charge in [-0.1, -0.05) is 55.4 Å². The van der Waals surface area contributed by atoms with E-state index in [-0.39, 0.29) is 65.4 Å². The van der Waals surface area contributed by atoms with E-state index in [9.17, 15) is 0 Å². The quantitative estimate of drug-likeness (QED) is 0.263. The van der Waals surface area contributed by atoms with Crippen LogP contribution in [0.1, 0.15) is 69.2 Å². The number of nitrogens with zero attached hydrogens (tertiary/aromatic N) is 2. The Kier molecular flexibility index (Phi) is 27.6. The Balaban J connectivity index is -0.000000153. The van der Waals surface area contributed by atoms with Gasteiger partial charge in [0.2, 0.25) is 0 Å². The van der Waals surface area contributed by atoms with Gasteiger partial charge in [-0.05, 0) is 10.8 Å². The molecule has 4 heteroatoms. The minimum Gasteiger partial charge on any atom is -0.482 e. The zero-order valence-corrected chi connectivity index (χ0v) is 26.3. The van der Waals surface area contributed by atoms with E-state index in [2.05, 4.69) is 89.9 Å². The Hall–Kier alpha value is -0.0122. The SMILES string of the molecule is CC(C)(C)C.CC(C)(C)C.C[C-]=Nc1[c-]cccc1.C[C-]=Nc1[c-]cccc1.[Y].[Y]. The second kappa shape index (κ2) is 22.2. The Morgan fingerprint density at radius 2 is 0.867 bits per heavy atom. The molecule has 0 N–H and O–H groups in total. The smallest absolute Gasteiger partial charge is 0 e. The van der Waals surface area contributed by atoms with Crippen LogP contribution in [0.2, 0.25) is 0 Å². The Morgan fingerprint density at radius 3 is 1.03 bits per heavy atom. The first-order valence-electron chi connectivity index (χ1n) is 9.55. The molecule has 2 aromatic carbocycles. The summed E-state index contributed by atoms with van der Waals surface area (Å²) in [6.45, 7) is 21.0. The molecule has 0 unspecified atom stereocenters. The van der Waals surface area contributed by atoms with Crippen molar-refractivity contribution in [1.82, 2.24) is 0 Å². The Labute approximate surface area is 237 Å². The van der Waals surface area contributed by atoms with Crippen molar-refractivity contribution in [2.24, 2.45) is 20.8 Å². The van der Waals surface area contributed by atoms with Crippen LogP contribution in [-0.4, -0.2) is 12.4 Å². The van der Waals surface area contributed by atoms with Gasteiger partial charge in [0.15, 0.2) is 0 Å². The van der Waals surface area contributed by atoms with E-state index in [1.54, 1.807) is 13.8 Å². The van der Waals surface area contributed by atoms with Gasteiger partial charge in [-0.25, -0.2) is 23.5 Å². The summed E-state index contributed by atoms with van der Waals surface area (Å²) < 4.78 is 0. The van der Waals surface area contributed by atoms with Gasteiger partial charge in [-0.15, -0.1) is 13.8 Å². The van der Waals surface area contributed by atoms with Crippen molar-refractivity contribution in [3.63, 3.8) is 0 Å². The molecule has 0 aliphatic carbocycles. The second-order valence-corrected chi connectivity index (χ2v) is 9.17. The molecule has 0 heterocycles. The van der Waals surface area contributed by atoms with Crippen molar-refractivity contribution in [2.75, 3.05) is 0 Å². The zero-order valence-electron chi connectivity index (χ0n) is 20.7. The van der Waals surface area contributed by atoms with E-state index in [1.807, 2.05) is 48.5 Å². The molecule has 0 atom stereocenters. The van der Waals surface area contributed by atoms with Crippen LogP contribution >= 0.6 is 0 Å². The van der Waals surface area contributed by atoms with Crippen LogP contribution in [0.15, 0.2) is 58.5 Å². The molecule has 0 amide bonds. The molecule has 0 fully saturated rings. The van der Waals surface area contributed by atoms with Gasteiger partial charge in [-0.3, -0.25) is 12.1 Å². The predicted octanol–water partition coefficient (Wildman–Crippen LogP) is 8.27. The maximum absolute atomic E-state index is 3.90. The summed E-state index contributed by atoms with van der Waals surface area (Å²) in [7, 11) is 0. The van der Waals surface area contributed by atoms with E-state index >= 15 is 0 Å². The molecular weight excluding hydrogens is 518 g/mol. The third-order valence-corrected chi connectivity index (χ3v) is 1.85. The van der Waals surface area contributed by atoms with Crippen LogP contribution < -0.4 is 0 Å². The summed E-state index contributed by atoms with van der Waals surface area (Å²) >= 11 is 0. The molecule has 2 nitrogen and oxygen atoms in total. The van der Waals surface area contributed by atoms with E-state index < -0.39 is 0 Å². The standard InChI is InChI=1S/2C8H7N.2C5H12.2Y/c2*1-2-9-8-6-4-3-5-7-8;2*1-5(2,3)4;;/h2*3-6H,1H3;2*1-4H3;;/q2*-2;;;;. The van der Waals surface area contributed by atoms with Crippen LogP contribution in [0.25, 0.3) is 0 Å². The number of hydrogen-bond donors (Lipinski definition) is 0. The third kappa shape index (κ3) is 42.2. The van der Waals surface area contributed by atoms with Gasteiger partial charge in [0.05, 0.1) is 0 Å². The van der Waals surface area contributed by atoms with Crippen molar-refractivity contribution < 1.29 is 65.4 Å². The van der Waals surface area contributed by atoms with Crippen molar-refractivity contribution in [3.05, 3.63) is 60.7 Å². The van der Waals surface area contributed by atoms with Crippen LogP contribution in [0, 0.1) is 23.0 Å². The zero-order chi connectivity index (χ0) is 22.1. The van der Waals surface area contributed by atoms with E-state index in [0.29, 0.717) is 10.8 Å². The maximum atomic E-state index is 3.90. The van der Waals surface area contributed by atoms with E-state index in [4.69, 9.17) is 0 Å². The summed E-state index contributed by atoms with van der Waals surface area (Å²) in [5.74, 6) is 0. The second-order valence-electron chi connectivity index (χ2n) is 9.17. The topological polar surface area (TPSA) is 24.7 Å². The Morgan fingerprint density at radius 1 is 0.600 bits per heavy atom. The average Bonchev–Trinajstić information content (AvgIpc) is 2.55. The molecule has 2 rings (SSSR count). The van der Waals surface area contributed by atoms with Crippen LogP contribution in [-0.2, 0) is 65.4 Å². The first-order chi connectivity index (χ1) is 12.9. The fourth-order valence-corrected chi connectivity index (χ4v) is 1.15. The van der Waals surface area contributed by atoms with Crippen molar-refractivity contribution >= 4 is 23.8 Å². The maximum Gasteiger partial charge on any atom is 0 e. The summed E-state index contributed by atoms with van der Waals surface area (Å²) in [6, 6.07) is 21.0. The van der Waals surface area contributed by atoms with Crippen molar-refractivity contribution in [1.29, 1.82) is 0 Å². The molecule has 162 valence electrons.